The van der Waals surface area contributed by atoms with Gasteiger partial charge in [0, 0.05) is 0 Å². The summed E-state index contributed by atoms with van der Waals surface area (Å²) >= 11 is 0. The summed E-state index contributed by atoms with van der Waals surface area (Å²) in [4.78, 5) is 53.6. The Balaban J connectivity index is -0.0000000281. The minimum Gasteiger partial charge on any atom is -0.543 e. The first kappa shape index (κ1) is 43.2. The van der Waals surface area contributed by atoms with Crippen LogP contribution >= 0.6 is 0 Å². The summed E-state index contributed by atoms with van der Waals surface area (Å²) in [5.41, 5.74) is 0. The number of hydrogen-bond acceptors (Lipinski definition) is 12. The van der Waals surface area contributed by atoms with E-state index < -0.39 is 35.8 Å². The van der Waals surface area contributed by atoms with E-state index in [2.05, 4.69) is 0 Å². The van der Waals surface area contributed by atoms with Gasteiger partial charge in [0.2, 0.25) is 0 Å². The van der Waals surface area contributed by atoms with Crippen LogP contribution in [0.5, 0.6) is 0 Å². The first-order valence-electron chi connectivity index (χ1n) is 3.20. The van der Waals surface area contributed by atoms with Crippen LogP contribution < -0.4 is 119 Å². The minimum atomic E-state index is -2.19. The second kappa shape index (κ2) is 26.2. The van der Waals surface area contributed by atoms with Crippen LogP contribution in [-0.4, -0.2) is 35.8 Å². The molecule has 0 aromatic heterocycles. The van der Waals surface area contributed by atoms with Gasteiger partial charge in [-0.15, -0.1) is 0 Å². The maximum atomic E-state index is 8.93. The maximum Gasteiger partial charge on any atom is 3.00 e. The van der Waals surface area contributed by atoms with E-state index >= 15 is 0 Å². The Hall–Kier alpha value is 0.339. The van der Waals surface area contributed by atoms with E-state index in [4.69, 9.17) is 59.4 Å². The first-order chi connectivity index (χ1) is 7.93. The van der Waals surface area contributed by atoms with Crippen LogP contribution in [0.25, 0.3) is 0 Å². The Labute approximate surface area is 198 Å². The van der Waals surface area contributed by atoms with Gasteiger partial charge in [-0.3, -0.25) is 0 Å². The molecule has 0 aliphatic heterocycles. The van der Waals surface area contributed by atoms with Crippen LogP contribution in [-0.2, 0) is 45.8 Å². The summed E-state index contributed by atoms with van der Waals surface area (Å²) in [7, 11) is 0. The quantitative estimate of drug-likeness (QED) is 0.277. The normalized spacial score (nSPS) is 6.00. The summed E-state index contributed by atoms with van der Waals surface area (Å²) in [5.74, 6) is -13.1. The smallest absolute Gasteiger partial charge is 0.543 e. The van der Waals surface area contributed by atoms with Crippen molar-refractivity contribution in [3.63, 3.8) is 0 Å². The van der Waals surface area contributed by atoms with Gasteiger partial charge in [0.1, 0.15) is 0 Å². The van der Waals surface area contributed by atoms with Crippen molar-refractivity contribution in [3.05, 3.63) is 0 Å². The zero-order chi connectivity index (χ0) is 15.5. The molecule has 0 unspecified atom stereocenters. The number of rotatable bonds is 0. The van der Waals surface area contributed by atoms with Crippen molar-refractivity contribution in [2.75, 3.05) is 0 Å². The van der Waals surface area contributed by atoms with Gasteiger partial charge in [-0.25, -0.2) is 0 Å². The number of aliphatic carboxylic acids is 6. The Morgan fingerprint density at radius 2 is 0.409 bits per heavy atom. The monoisotopic (exact) mass is 389 g/mol. The van der Waals surface area contributed by atoms with Gasteiger partial charge >= 0.3 is 106 Å². The van der Waals surface area contributed by atoms with Gasteiger partial charge in [-0.1, -0.05) is 0 Å². The molecule has 0 N–H and O–H groups in total. The van der Waals surface area contributed by atoms with Crippen molar-refractivity contribution in [2.24, 2.45) is 0 Å². The van der Waals surface area contributed by atoms with Crippen LogP contribution in [0.4, 0.5) is 0 Å². The molecule has 12 nitrogen and oxygen atoms in total. The topological polar surface area (TPSA) is 241 Å². The number of hydrogen-bond donors (Lipinski definition) is 0. The second-order valence-electron chi connectivity index (χ2n) is 1.72. The molecule has 0 heterocycles. The zero-order valence-electron chi connectivity index (χ0n) is 11.3. The fourth-order valence-electron chi connectivity index (χ4n) is 0. The van der Waals surface area contributed by atoms with Crippen molar-refractivity contribution in [2.45, 2.75) is 0 Å². The average Bonchev–Trinajstić information content (AvgIpc) is 2.18. The largest absolute Gasteiger partial charge is 3.00 e. The number of carbonyl (C=O) groups excluding carboxylic acids is 6. The Bertz CT molecular complexity index is 290. The predicted molar refractivity (Wildman–Crippen MR) is 30.0 cm³/mol. The molecule has 0 aromatic carbocycles. The fraction of sp³-hybridized carbons (Fsp3) is 0. The van der Waals surface area contributed by atoms with Crippen molar-refractivity contribution in [1.82, 2.24) is 0 Å². The Kier molecular flexibility index (Phi) is 51.6. The first-order valence-corrected chi connectivity index (χ1v) is 3.20. The van der Waals surface area contributed by atoms with Crippen molar-refractivity contribution >= 4 is 35.8 Å². The van der Waals surface area contributed by atoms with Gasteiger partial charge in [-0.05, 0) is 0 Å². The minimum absolute atomic E-state index is 0. The summed E-state index contributed by atoms with van der Waals surface area (Å²) in [5, 5.41) is 53.6. The fourth-order valence-corrected chi connectivity index (χ4v) is 0. The Morgan fingerprint density at radius 1 is 0.364 bits per heavy atom. The van der Waals surface area contributed by atoms with Gasteiger partial charge in [0.25, 0.3) is 0 Å². The molecule has 0 bridgehead atoms. The molecule has 1 radical (unpaired) electrons. The predicted octanol–water partition coefficient (Wildman–Crippen LogP) is -19.5. The third kappa shape index (κ3) is 50.0. The van der Waals surface area contributed by atoms with Crippen LogP contribution in [0, 0.1) is 0 Å². The molecule has 0 saturated carbocycles. The molecule has 22 heavy (non-hydrogen) atoms. The molecule has 0 spiro atoms. The van der Waals surface area contributed by atoms with Gasteiger partial charge < -0.3 is 59.4 Å². The second-order valence-corrected chi connectivity index (χ2v) is 1.72. The van der Waals surface area contributed by atoms with Crippen LogP contribution in [0.3, 0.4) is 0 Å². The molecule has 0 atom stereocenters. The van der Waals surface area contributed by atoms with E-state index in [-0.39, 0.29) is 106 Å². The third-order valence-corrected chi connectivity index (χ3v) is 0.500. The van der Waals surface area contributed by atoms with Crippen molar-refractivity contribution in [1.29, 1.82) is 0 Å². The summed E-state index contributed by atoms with van der Waals surface area (Å²) in [6.07, 6.45) is 0. The van der Waals surface area contributed by atoms with E-state index in [0.717, 1.165) is 0 Å². The van der Waals surface area contributed by atoms with Crippen molar-refractivity contribution in [3.8, 4) is 0 Å². The van der Waals surface area contributed by atoms with Crippen LogP contribution in [0.1, 0.15) is 0 Å². The number of carboxylic acids is 6. The van der Waals surface area contributed by atoms with E-state index in [1.165, 1.54) is 0 Å². The SMILES string of the molecule is O=C([O-])C(=O)[O-].O=C([O-])C(=O)[O-].O=C([O-])C(=O)[O-].[Fe+3].[Na+].[Na+].[Na+]. The van der Waals surface area contributed by atoms with E-state index in [1.54, 1.807) is 0 Å². The molecule has 107 valence electrons. The molecule has 0 rings (SSSR count). The number of carbonyl (C=O) groups is 6. The summed E-state index contributed by atoms with van der Waals surface area (Å²) in [6, 6.07) is 0. The molecule has 0 aliphatic rings. The molecular weight excluding hydrogens is 389 g/mol. The maximum absolute atomic E-state index is 8.93. The zero-order valence-corrected chi connectivity index (χ0v) is 18.4. The third-order valence-electron chi connectivity index (χ3n) is 0.500. The van der Waals surface area contributed by atoms with E-state index in [0.29, 0.717) is 0 Å². The molecule has 0 saturated heterocycles. The summed E-state index contributed by atoms with van der Waals surface area (Å²) < 4.78 is 0. The molecule has 0 fully saturated rings. The molecule has 0 aromatic rings. The Morgan fingerprint density at radius 3 is 0.409 bits per heavy atom. The molecule has 16 heteroatoms. The molecule has 0 amide bonds. The van der Waals surface area contributed by atoms with Crippen LogP contribution in [0.2, 0.25) is 0 Å². The standard InChI is InChI=1S/3C2H2O4.Fe.3Na/c3*3-1(4)2(5)6;;;;/h3*(H,3,4)(H,5,6);;;;/q;;;+3;3*+1/p-6. The van der Waals surface area contributed by atoms with E-state index in [1.807, 2.05) is 0 Å². The van der Waals surface area contributed by atoms with Gasteiger partial charge in [0.15, 0.2) is 0 Å². The number of carboxylic acid groups (broad SMARTS) is 6. The van der Waals surface area contributed by atoms with Gasteiger partial charge in [-0.2, -0.15) is 0 Å². The molecular formula is C6FeNa3O12. The average molecular weight is 389 g/mol. The van der Waals surface area contributed by atoms with Crippen molar-refractivity contribution < 1.29 is 165 Å². The van der Waals surface area contributed by atoms with Gasteiger partial charge in [0.05, 0.1) is 35.8 Å². The summed E-state index contributed by atoms with van der Waals surface area (Å²) in [6.45, 7) is 0. The van der Waals surface area contributed by atoms with Crippen LogP contribution in [0.15, 0.2) is 0 Å². The van der Waals surface area contributed by atoms with E-state index in [9.17, 15) is 0 Å². The molecule has 0 aliphatic carbocycles.